The Hall–Kier alpha value is 0.1000. The molecule has 2 N–H and O–H groups in total. The Balaban J connectivity index is 2.10. The summed E-state index contributed by atoms with van der Waals surface area (Å²) in [6.07, 6.45) is 2.33. The lowest BCUT2D eigenvalue weighted by molar-refractivity contribution is 0.00909. The highest BCUT2D eigenvalue weighted by molar-refractivity contribution is 8.14. The molecule has 1 aromatic rings. The molecule has 2 unspecified atom stereocenters. The molecule has 0 spiro atoms. The van der Waals surface area contributed by atoms with Gasteiger partial charge in [0.2, 0.25) is 0 Å². The first kappa shape index (κ1) is 14.5. The summed E-state index contributed by atoms with van der Waals surface area (Å²) >= 11 is 7.01. The van der Waals surface area contributed by atoms with Gasteiger partial charge in [-0.3, -0.25) is 0 Å². The van der Waals surface area contributed by atoms with Gasteiger partial charge in [0.05, 0.1) is 0 Å². The molecule has 0 aromatic heterocycles. The number of thioether (sulfide) groups is 1. The Kier molecular flexibility index (Phi) is 5.24. The van der Waals surface area contributed by atoms with Gasteiger partial charge in [0.25, 0.3) is 0 Å². The summed E-state index contributed by atoms with van der Waals surface area (Å²) in [5.74, 6) is 0. The van der Waals surface area contributed by atoms with E-state index >= 15 is 0 Å². The Labute approximate surface area is 117 Å². The molecule has 1 aliphatic rings. The van der Waals surface area contributed by atoms with Crippen molar-refractivity contribution in [3.8, 4) is 0 Å². The number of hydrogen-bond acceptors (Lipinski definition) is 3. The number of nitrogens with one attached hydrogen (secondary N) is 1. The molecule has 1 aliphatic heterocycles. The second-order valence-electron chi connectivity index (χ2n) is 4.26. The fourth-order valence-electron chi connectivity index (χ4n) is 1.91. The molecule has 3 nitrogen and oxygen atoms in total. The van der Waals surface area contributed by atoms with Crippen LogP contribution in [0.1, 0.15) is 19.3 Å². The molecule has 1 aromatic carbocycles. The average Bonchev–Trinajstić information content (AvgIpc) is 2.39. The van der Waals surface area contributed by atoms with Gasteiger partial charge in [-0.25, -0.2) is 5.09 Å². The molecule has 1 heterocycles. The smallest absolute Gasteiger partial charge is 0.158 e. The summed E-state index contributed by atoms with van der Waals surface area (Å²) in [5, 5.41) is 3.92. The minimum atomic E-state index is -2.71. The van der Waals surface area contributed by atoms with Crippen molar-refractivity contribution in [3.05, 3.63) is 24.3 Å². The van der Waals surface area contributed by atoms with Crippen LogP contribution in [0.2, 0.25) is 0 Å². The van der Waals surface area contributed by atoms with Crippen LogP contribution in [0.15, 0.2) is 29.2 Å². The third kappa shape index (κ3) is 3.80. The summed E-state index contributed by atoms with van der Waals surface area (Å²) in [5.41, 5.74) is 0. The van der Waals surface area contributed by atoms with Crippen LogP contribution in [-0.2, 0) is 16.5 Å². The van der Waals surface area contributed by atoms with E-state index in [2.05, 4.69) is 5.09 Å². The lowest BCUT2D eigenvalue weighted by Crippen LogP contribution is -2.34. The third-order valence-electron chi connectivity index (χ3n) is 2.90. The van der Waals surface area contributed by atoms with Crippen LogP contribution in [-0.4, -0.2) is 24.0 Å². The Morgan fingerprint density at radius 2 is 2.33 bits per heavy atom. The van der Waals surface area contributed by atoms with E-state index in [4.69, 9.17) is 16.5 Å². The number of rotatable bonds is 4. The number of ether oxygens (including phenoxy) is 1. The molecule has 2 atom stereocenters. The minimum Gasteiger partial charge on any atom is -0.363 e. The zero-order valence-corrected chi connectivity index (χ0v) is 12.9. The van der Waals surface area contributed by atoms with Gasteiger partial charge in [-0.2, -0.15) is 0 Å². The number of benzene rings is 1. The van der Waals surface area contributed by atoms with Crippen molar-refractivity contribution < 1.29 is 9.63 Å². The Morgan fingerprint density at radius 3 is 3.00 bits per heavy atom. The van der Waals surface area contributed by atoms with Crippen LogP contribution in [0.5, 0.6) is 0 Å². The average molecular weight is 303 g/mol. The topological polar surface area (TPSA) is 41.5 Å². The van der Waals surface area contributed by atoms with E-state index in [1.165, 1.54) is 0 Å². The van der Waals surface area contributed by atoms with Crippen molar-refractivity contribution >= 4 is 35.3 Å². The van der Waals surface area contributed by atoms with E-state index in [-0.39, 0.29) is 6.23 Å². The normalized spacial score (nSPS) is 23.6. The summed E-state index contributed by atoms with van der Waals surface area (Å²) < 4.78 is 5.58. The molecule has 0 amide bonds. The predicted octanol–water partition coefficient (Wildman–Crippen LogP) is 2.45. The van der Waals surface area contributed by atoms with E-state index < -0.39 is 6.42 Å². The van der Waals surface area contributed by atoms with Gasteiger partial charge >= 0.3 is 0 Å². The van der Waals surface area contributed by atoms with Crippen LogP contribution in [0, 0.1) is 0 Å². The second kappa shape index (κ2) is 6.51. The zero-order valence-electron chi connectivity index (χ0n) is 10.3. The van der Waals surface area contributed by atoms with Crippen molar-refractivity contribution in [2.24, 2.45) is 0 Å². The van der Waals surface area contributed by atoms with Crippen LogP contribution in [0.25, 0.3) is 0 Å². The Morgan fingerprint density at radius 1 is 1.50 bits per heavy atom. The van der Waals surface area contributed by atoms with Gasteiger partial charge in [0, 0.05) is 16.8 Å². The molecule has 2 rings (SSSR count). The summed E-state index contributed by atoms with van der Waals surface area (Å²) in [7, 11) is 0. The summed E-state index contributed by atoms with van der Waals surface area (Å²) in [6, 6.07) is 7.79. The molecule has 100 valence electrons. The molecular formula is C12H18NO2PS2. The van der Waals surface area contributed by atoms with Gasteiger partial charge in [-0.1, -0.05) is 12.1 Å². The highest BCUT2D eigenvalue weighted by Crippen LogP contribution is 2.37. The molecule has 0 saturated carbocycles. The van der Waals surface area contributed by atoms with Crippen LogP contribution < -0.4 is 10.4 Å². The quantitative estimate of drug-likeness (QED) is 0.660. The van der Waals surface area contributed by atoms with Gasteiger partial charge in [-0.15, -0.1) is 11.8 Å². The van der Waals surface area contributed by atoms with E-state index in [9.17, 15) is 4.89 Å². The van der Waals surface area contributed by atoms with Crippen LogP contribution in [0.3, 0.4) is 0 Å². The first-order chi connectivity index (χ1) is 8.62. The molecule has 0 bridgehead atoms. The lowest BCUT2D eigenvalue weighted by Gasteiger charge is -2.28. The molecule has 6 heteroatoms. The number of hydrogen-bond donors (Lipinski definition) is 2. The maximum atomic E-state index is 10.5. The van der Waals surface area contributed by atoms with Crippen molar-refractivity contribution in [1.29, 1.82) is 0 Å². The van der Waals surface area contributed by atoms with E-state index in [1.54, 1.807) is 11.8 Å². The highest BCUT2D eigenvalue weighted by atomic mass is 32.4. The van der Waals surface area contributed by atoms with Crippen molar-refractivity contribution in [2.75, 3.05) is 12.9 Å². The zero-order chi connectivity index (χ0) is 13.0. The minimum absolute atomic E-state index is 0.104. The maximum Gasteiger partial charge on any atom is 0.158 e. The summed E-state index contributed by atoms with van der Waals surface area (Å²) in [6.45, 7) is 0.748. The molecule has 0 aliphatic carbocycles. The summed E-state index contributed by atoms with van der Waals surface area (Å²) in [4.78, 5) is 11.6. The van der Waals surface area contributed by atoms with Gasteiger partial charge < -0.3 is 9.63 Å². The monoisotopic (exact) mass is 303 g/mol. The first-order valence-electron chi connectivity index (χ1n) is 5.98. The lowest BCUT2D eigenvalue weighted by atomic mass is 10.2. The fraction of sp³-hybridized carbons (Fsp3) is 0.500. The van der Waals surface area contributed by atoms with Crippen LogP contribution >= 0.6 is 18.2 Å². The SMILES string of the molecule is CSc1cccc(P(O)(=S)NC2CCCCO2)c1. The largest absolute Gasteiger partial charge is 0.363 e. The maximum absolute atomic E-state index is 10.5. The van der Waals surface area contributed by atoms with Gasteiger partial charge in [0.15, 0.2) is 6.42 Å². The van der Waals surface area contributed by atoms with E-state index in [1.807, 2.05) is 30.5 Å². The van der Waals surface area contributed by atoms with Crippen molar-refractivity contribution in [1.82, 2.24) is 5.09 Å². The second-order valence-corrected chi connectivity index (χ2v) is 8.65. The highest BCUT2D eigenvalue weighted by Gasteiger charge is 2.23. The molecule has 1 fully saturated rings. The fourth-order valence-corrected chi connectivity index (χ4v) is 4.50. The molecule has 18 heavy (non-hydrogen) atoms. The predicted molar refractivity (Wildman–Crippen MR) is 81.1 cm³/mol. The molecular weight excluding hydrogens is 285 g/mol. The Bertz CT molecular complexity index is 449. The third-order valence-corrected chi connectivity index (χ3v) is 6.19. The van der Waals surface area contributed by atoms with Gasteiger partial charge in [0.1, 0.15) is 6.23 Å². The van der Waals surface area contributed by atoms with Crippen LogP contribution in [0.4, 0.5) is 0 Å². The van der Waals surface area contributed by atoms with E-state index in [0.717, 1.165) is 36.1 Å². The van der Waals surface area contributed by atoms with E-state index in [0.29, 0.717) is 0 Å². The van der Waals surface area contributed by atoms with Gasteiger partial charge in [-0.05, 0) is 49.5 Å². The van der Waals surface area contributed by atoms with Crippen molar-refractivity contribution in [3.63, 3.8) is 0 Å². The standard InChI is InChI=1S/C12H18NO2PS2/c1-18-11-6-4-5-10(9-11)16(14,17)13-12-7-2-3-8-15-12/h4-6,9,12H,2-3,7-8H2,1H3,(H2,13,14,17). The molecule has 0 radical (unpaired) electrons. The molecule has 1 saturated heterocycles. The van der Waals surface area contributed by atoms with Crippen molar-refractivity contribution in [2.45, 2.75) is 30.4 Å². The first-order valence-corrected chi connectivity index (χ1v) is 9.96.